The molecule has 3 atom stereocenters. The third kappa shape index (κ3) is 3.10. The van der Waals surface area contributed by atoms with Gasteiger partial charge in [-0.2, -0.15) is 0 Å². The van der Waals surface area contributed by atoms with Crippen molar-refractivity contribution in [2.75, 3.05) is 6.54 Å². The molecular weight excluding hydrogens is 240 g/mol. The second kappa shape index (κ2) is 5.93. The number of hydrogen-bond acceptors (Lipinski definition) is 2. The lowest BCUT2D eigenvalue weighted by molar-refractivity contribution is -0.151. The Morgan fingerprint density at radius 1 is 1.32 bits per heavy atom. The minimum atomic E-state index is -0.309. The highest BCUT2D eigenvalue weighted by Crippen LogP contribution is 2.37. The number of carbonyl (C=O) groups is 2. The molecule has 1 saturated heterocycles. The predicted octanol–water partition coefficient (Wildman–Crippen LogP) is 1.94. The van der Waals surface area contributed by atoms with Crippen molar-refractivity contribution in [2.24, 2.45) is 11.8 Å². The van der Waals surface area contributed by atoms with Crippen molar-refractivity contribution in [1.82, 2.24) is 10.2 Å². The van der Waals surface area contributed by atoms with E-state index in [0.29, 0.717) is 18.3 Å². The molecule has 1 N–H and O–H groups in total. The maximum absolute atomic E-state index is 12.5. The molecule has 1 aliphatic heterocycles. The van der Waals surface area contributed by atoms with E-state index in [0.717, 1.165) is 32.2 Å². The molecule has 2 amide bonds. The molecule has 0 aromatic rings. The first-order chi connectivity index (χ1) is 9.08. The molecule has 0 spiro atoms. The van der Waals surface area contributed by atoms with E-state index >= 15 is 0 Å². The summed E-state index contributed by atoms with van der Waals surface area (Å²) in [6.07, 6.45) is 5.09. The number of hydrogen-bond donors (Lipinski definition) is 1. The summed E-state index contributed by atoms with van der Waals surface area (Å²) in [5.74, 6) is 1.06. The summed E-state index contributed by atoms with van der Waals surface area (Å²) in [5.41, 5.74) is 0. The van der Waals surface area contributed by atoms with Crippen molar-refractivity contribution >= 4 is 11.8 Å². The Morgan fingerprint density at radius 2 is 2.00 bits per heavy atom. The Morgan fingerprint density at radius 3 is 2.53 bits per heavy atom. The molecule has 1 saturated carbocycles. The van der Waals surface area contributed by atoms with Gasteiger partial charge < -0.3 is 10.2 Å². The van der Waals surface area contributed by atoms with E-state index in [1.807, 2.05) is 11.8 Å². The minimum absolute atomic E-state index is 0.0673. The zero-order chi connectivity index (χ0) is 14.0. The predicted molar refractivity (Wildman–Crippen MR) is 74.5 cm³/mol. The highest BCUT2D eigenvalue weighted by atomic mass is 16.2. The van der Waals surface area contributed by atoms with Gasteiger partial charge in [-0.15, -0.1) is 0 Å². The molecule has 2 rings (SSSR count). The third-order valence-corrected chi connectivity index (χ3v) is 4.27. The Bertz CT molecular complexity index is 352. The Labute approximate surface area is 115 Å². The van der Waals surface area contributed by atoms with Crippen molar-refractivity contribution in [1.29, 1.82) is 0 Å². The summed E-state index contributed by atoms with van der Waals surface area (Å²) in [7, 11) is 0. The van der Waals surface area contributed by atoms with Crippen LogP contribution >= 0.6 is 0 Å². The number of carbonyl (C=O) groups excluding carboxylic acids is 2. The first-order valence-electron chi connectivity index (χ1n) is 7.69. The fourth-order valence-electron chi connectivity index (χ4n) is 3.08. The number of piperazine rings is 1. The zero-order valence-corrected chi connectivity index (χ0v) is 12.3. The van der Waals surface area contributed by atoms with Crippen LogP contribution in [-0.2, 0) is 9.59 Å². The summed E-state index contributed by atoms with van der Waals surface area (Å²) in [6, 6.07) is -0.508. The van der Waals surface area contributed by atoms with Gasteiger partial charge in [-0.05, 0) is 37.5 Å². The second-order valence-electron chi connectivity index (χ2n) is 6.14. The van der Waals surface area contributed by atoms with Gasteiger partial charge in [-0.25, -0.2) is 0 Å². The van der Waals surface area contributed by atoms with Crippen LogP contribution in [0.3, 0.4) is 0 Å². The van der Waals surface area contributed by atoms with Gasteiger partial charge in [0.05, 0.1) is 0 Å². The van der Waals surface area contributed by atoms with E-state index in [2.05, 4.69) is 19.2 Å². The Kier molecular flexibility index (Phi) is 4.48. The van der Waals surface area contributed by atoms with Crippen LogP contribution in [0, 0.1) is 11.8 Å². The van der Waals surface area contributed by atoms with Gasteiger partial charge in [0.1, 0.15) is 12.1 Å². The van der Waals surface area contributed by atoms with E-state index in [9.17, 15) is 9.59 Å². The topological polar surface area (TPSA) is 49.4 Å². The molecule has 108 valence electrons. The normalized spacial score (nSPS) is 29.3. The summed E-state index contributed by atoms with van der Waals surface area (Å²) < 4.78 is 0. The summed E-state index contributed by atoms with van der Waals surface area (Å²) in [4.78, 5) is 26.6. The number of nitrogens with one attached hydrogen (secondary N) is 1. The lowest BCUT2D eigenvalue weighted by atomic mass is 9.98. The fourth-order valence-corrected chi connectivity index (χ4v) is 3.08. The molecule has 19 heavy (non-hydrogen) atoms. The molecule has 0 aromatic heterocycles. The lowest BCUT2D eigenvalue weighted by Gasteiger charge is -2.40. The van der Waals surface area contributed by atoms with Gasteiger partial charge in [-0.3, -0.25) is 9.59 Å². The van der Waals surface area contributed by atoms with Crippen LogP contribution in [0.2, 0.25) is 0 Å². The highest BCUT2D eigenvalue weighted by Gasteiger charge is 2.47. The SMILES string of the molecule is CCCC(C)CN1C(=O)C(CC)NC(=O)C1C1CC1. The smallest absolute Gasteiger partial charge is 0.245 e. The van der Waals surface area contributed by atoms with Crippen LogP contribution in [0.25, 0.3) is 0 Å². The van der Waals surface area contributed by atoms with Crippen LogP contribution in [0.15, 0.2) is 0 Å². The number of nitrogens with zero attached hydrogens (tertiary/aromatic N) is 1. The minimum Gasteiger partial charge on any atom is -0.343 e. The number of amides is 2. The van der Waals surface area contributed by atoms with Gasteiger partial charge in [0, 0.05) is 6.54 Å². The van der Waals surface area contributed by atoms with Gasteiger partial charge in [0.2, 0.25) is 11.8 Å². The highest BCUT2D eigenvalue weighted by molar-refractivity contribution is 5.97. The van der Waals surface area contributed by atoms with E-state index in [1.165, 1.54) is 0 Å². The first kappa shape index (κ1) is 14.4. The molecule has 4 heteroatoms. The molecule has 0 bridgehead atoms. The fraction of sp³-hybridized carbons (Fsp3) is 0.867. The van der Waals surface area contributed by atoms with E-state index in [1.54, 1.807) is 0 Å². The maximum Gasteiger partial charge on any atom is 0.245 e. The molecule has 2 aliphatic rings. The molecule has 0 aromatic carbocycles. The average molecular weight is 266 g/mol. The van der Waals surface area contributed by atoms with E-state index in [-0.39, 0.29) is 23.9 Å². The van der Waals surface area contributed by atoms with Crippen molar-refractivity contribution in [3.63, 3.8) is 0 Å². The van der Waals surface area contributed by atoms with Gasteiger partial charge in [0.15, 0.2) is 0 Å². The summed E-state index contributed by atoms with van der Waals surface area (Å²) in [6.45, 7) is 7.02. The second-order valence-corrected chi connectivity index (χ2v) is 6.14. The van der Waals surface area contributed by atoms with Gasteiger partial charge >= 0.3 is 0 Å². The standard InChI is InChI=1S/C15H26N2O2/c1-4-6-10(3)9-17-13(11-7-8-11)14(18)16-12(5-2)15(17)19/h10-13H,4-9H2,1-3H3,(H,16,18). The van der Waals surface area contributed by atoms with Crippen LogP contribution in [0.4, 0.5) is 0 Å². The van der Waals surface area contributed by atoms with Crippen molar-refractivity contribution < 1.29 is 9.59 Å². The Hall–Kier alpha value is -1.06. The maximum atomic E-state index is 12.5. The zero-order valence-electron chi connectivity index (χ0n) is 12.3. The first-order valence-corrected chi connectivity index (χ1v) is 7.69. The van der Waals surface area contributed by atoms with Crippen molar-refractivity contribution in [3.8, 4) is 0 Å². The van der Waals surface area contributed by atoms with Crippen LogP contribution in [0.1, 0.15) is 52.9 Å². The molecular formula is C15H26N2O2. The molecule has 0 radical (unpaired) electrons. The van der Waals surface area contributed by atoms with Gasteiger partial charge in [0.25, 0.3) is 0 Å². The summed E-state index contributed by atoms with van der Waals surface area (Å²) in [5, 5.41) is 2.89. The third-order valence-electron chi connectivity index (χ3n) is 4.27. The van der Waals surface area contributed by atoms with E-state index in [4.69, 9.17) is 0 Å². The van der Waals surface area contributed by atoms with Crippen LogP contribution in [-0.4, -0.2) is 35.3 Å². The van der Waals surface area contributed by atoms with E-state index < -0.39 is 0 Å². The molecule has 3 unspecified atom stereocenters. The average Bonchev–Trinajstić information content (AvgIpc) is 3.18. The molecule has 1 aliphatic carbocycles. The van der Waals surface area contributed by atoms with Crippen molar-refractivity contribution in [2.45, 2.75) is 65.0 Å². The van der Waals surface area contributed by atoms with Gasteiger partial charge in [-0.1, -0.05) is 27.2 Å². The largest absolute Gasteiger partial charge is 0.343 e. The lowest BCUT2D eigenvalue weighted by Crippen LogP contribution is -2.64. The molecule has 4 nitrogen and oxygen atoms in total. The van der Waals surface area contributed by atoms with Crippen LogP contribution < -0.4 is 5.32 Å². The number of rotatable bonds is 6. The molecule has 1 heterocycles. The monoisotopic (exact) mass is 266 g/mol. The summed E-state index contributed by atoms with van der Waals surface area (Å²) >= 11 is 0. The van der Waals surface area contributed by atoms with Crippen LogP contribution in [0.5, 0.6) is 0 Å². The molecule has 2 fully saturated rings. The Balaban J connectivity index is 2.11. The quantitative estimate of drug-likeness (QED) is 0.798. The van der Waals surface area contributed by atoms with Crippen molar-refractivity contribution in [3.05, 3.63) is 0 Å².